The molecule has 2 aromatic heterocycles. The van der Waals surface area contributed by atoms with Crippen molar-refractivity contribution in [1.82, 2.24) is 24.4 Å². The lowest BCUT2D eigenvalue weighted by atomic mass is 10.1. The van der Waals surface area contributed by atoms with Gasteiger partial charge in [0.25, 0.3) is 11.8 Å². The van der Waals surface area contributed by atoms with Gasteiger partial charge in [-0.3, -0.25) is 19.1 Å². The van der Waals surface area contributed by atoms with Crippen molar-refractivity contribution in [3.63, 3.8) is 0 Å². The lowest BCUT2D eigenvalue weighted by molar-refractivity contribution is -0.193. The van der Waals surface area contributed by atoms with Crippen LogP contribution in [0.5, 0.6) is 0 Å². The number of thioether (sulfide) groups is 1. The first-order valence-electron chi connectivity index (χ1n) is 11.8. The molecule has 12 heteroatoms. The second-order valence-electron chi connectivity index (χ2n) is 9.45. The summed E-state index contributed by atoms with van der Waals surface area (Å²) < 4.78 is 20.6. The second kappa shape index (κ2) is 8.80. The molecule has 0 radical (unpaired) electrons. The first-order chi connectivity index (χ1) is 17.3. The maximum atomic E-state index is 12.6. The highest BCUT2D eigenvalue weighted by Gasteiger charge is 2.56. The molecule has 2 saturated heterocycles. The third-order valence-corrected chi connectivity index (χ3v) is 7.76. The third kappa shape index (κ3) is 3.84. The summed E-state index contributed by atoms with van der Waals surface area (Å²) in [5.41, 5.74) is 8.00. The predicted octanol–water partition coefficient (Wildman–Crippen LogP) is 2.25. The van der Waals surface area contributed by atoms with Gasteiger partial charge >= 0.3 is 0 Å². The lowest BCUT2D eigenvalue weighted by Crippen LogP contribution is -2.32. The number of imide groups is 1. The zero-order valence-corrected chi connectivity index (χ0v) is 20.7. The largest absolute Gasteiger partial charge is 0.382 e. The smallest absolute Gasteiger partial charge is 0.261 e. The Bertz CT molecular complexity index is 1310. The Morgan fingerprint density at radius 3 is 2.53 bits per heavy atom. The van der Waals surface area contributed by atoms with Crippen LogP contribution in [0.15, 0.2) is 36.9 Å². The normalized spacial score (nSPS) is 26.7. The number of benzene rings is 1. The molecule has 4 atom stereocenters. The number of amides is 2. The van der Waals surface area contributed by atoms with E-state index in [4.69, 9.17) is 19.9 Å². The van der Waals surface area contributed by atoms with Gasteiger partial charge in [0.1, 0.15) is 24.1 Å². The van der Waals surface area contributed by atoms with E-state index in [1.54, 1.807) is 42.4 Å². The highest BCUT2D eigenvalue weighted by Crippen LogP contribution is 2.44. The van der Waals surface area contributed by atoms with Crippen LogP contribution in [0.25, 0.3) is 11.2 Å². The topological polar surface area (TPSA) is 135 Å². The lowest BCUT2D eigenvalue weighted by Gasteiger charge is -2.24. The first kappa shape index (κ1) is 23.3. The third-order valence-electron chi connectivity index (χ3n) is 6.62. The van der Waals surface area contributed by atoms with Crippen LogP contribution in [0.3, 0.4) is 0 Å². The van der Waals surface area contributed by atoms with Gasteiger partial charge in [0.2, 0.25) is 0 Å². The van der Waals surface area contributed by atoms with E-state index in [9.17, 15) is 9.59 Å². The van der Waals surface area contributed by atoms with Crippen LogP contribution >= 0.6 is 11.8 Å². The van der Waals surface area contributed by atoms with Crippen LogP contribution in [0, 0.1) is 0 Å². The molecule has 11 nitrogen and oxygen atoms in total. The fraction of sp³-hybridized carbons (Fsp3) is 0.458. The summed E-state index contributed by atoms with van der Waals surface area (Å²) in [6.45, 7) is 4.16. The second-order valence-corrected chi connectivity index (χ2v) is 10.6. The van der Waals surface area contributed by atoms with Gasteiger partial charge in [0.15, 0.2) is 23.5 Å². The highest BCUT2D eigenvalue weighted by atomic mass is 32.2. The first-order valence-corrected chi connectivity index (χ1v) is 13.0. The number of nitrogen functional groups attached to an aromatic ring is 1. The zero-order chi connectivity index (χ0) is 25.0. The van der Waals surface area contributed by atoms with Gasteiger partial charge in [-0.1, -0.05) is 12.1 Å². The van der Waals surface area contributed by atoms with E-state index < -0.39 is 12.0 Å². The molecule has 2 amide bonds. The molecule has 2 fully saturated rings. The monoisotopic (exact) mass is 510 g/mol. The Labute approximate surface area is 211 Å². The number of carbonyl (C=O) groups is 2. The molecule has 1 aromatic carbocycles. The van der Waals surface area contributed by atoms with Gasteiger partial charge in [-0.05, 0) is 38.2 Å². The molecule has 4 unspecified atom stereocenters. The quantitative estimate of drug-likeness (QED) is 0.372. The summed E-state index contributed by atoms with van der Waals surface area (Å²) in [5, 5.41) is 0. The molecule has 188 valence electrons. The maximum Gasteiger partial charge on any atom is 0.261 e. The summed E-state index contributed by atoms with van der Waals surface area (Å²) in [6.07, 6.45) is 2.44. The van der Waals surface area contributed by atoms with Gasteiger partial charge < -0.3 is 19.9 Å². The fourth-order valence-electron chi connectivity index (χ4n) is 5.04. The average Bonchev–Trinajstić information content (AvgIpc) is 3.57. The van der Waals surface area contributed by atoms with E-state index in [2.05, 4.69) is 15.0 Å². The van der Waals surface area contributed by atoms with Crippen LogP contribution in [0.4, 0.5) is 5.82 Å². The fourth-order valence-corrected chi connectivity index (χ4v) is 6.04. The molecule has 0 saturated carbocycles. The number of hydrogen-bond acceptors (Lipinski definition) is 10. The molecule has 3 aliphatic rings. The van der Waals surface area contributed by atoms with Crippen LogP contribution in [0.1, 0.15) is 47.2 Å². The van der Waals surface area contributed by atoms with E-state index in [1.807, 2.05) is 18.4 Å². The number of nitrogens with two attached hydrogens (primary N) is 1. The van der Waals surface area contributed by atoms with Crippen molar-refractivity contribution in [1.29, 1.82) is 0 Å². The average molecular weight is 511 g/mol. The Balaban J connectivity index is 1.09. The van der Waals surface area contributed by atoms with Crippen molar-refractivity contribution < 1.29 is 23.8 Å². The van der Waals surface area contributed by atoms with Crippen molar-refractivity contribution in [2.45, 2.75) is 50.6 Å². The van der Waals surface area contributed by atoms with Crippen LogP contribution in [-0.2, 0) is 14.2 Å². The predicted molar refractivity (Wildman–Crippen MR) is 131 cm³/mol. The summed E-state index contributed by atoms with van der Waals surface area (Å²) in [4.78, 5) is 39.1. The molecule has 0 bridgehead atoms. The van der Waals surface area contributed by atoms with Crippen molar-refractivity contribution >= 4 is 40.6 Å². The number of hydrogen-bond donors (Lipinski definition) is 1. The number of anilines is 1. The van der Waals surface area contributed by atoms with Crippen LogP contribution < -0.4 is 5.73 Å². The molecule has 5 heterocycles. The minimum absolute atomic E-state index is 0.220. The van der Waals surface area contributed by atoms with Gasteiger partial charge in [0, 0.05) is 12.3 Å². The summed E-state index contributed by atoms with van der Waals surface area (Å²) in [6, 6.07) is 6.94. The number of fused-ring (bicyclic) bond motifs is 3. The number of ether oxygens (including phenoxy) is 3. The van der Waals surface area contributed by atoms with E-state index in [1.165, 1.54) is 11.2 Å². The van der Waals surface area contributed by atoms with Crippen molar-refractivity contribution in [2.75, 3.05) is 23.8 Å². The van der Waals surface area contributed by atoms with E-state index in [0.717, 1.165) is 5.75 Å². The number of imidazole rings is 1. The Hall–Kier alpha value is -3.06. The van der Waals surface area contributed by atoms with Crippen LogP contribution in [-0.4, -0.2) is 78.4 Å². The van der Waals surface area contributed by atoms with Gasteiger partial charge in [-0.15, -0.1) is 0 Å². The molecular weight excluding hydrogens is 484 g/mol. The number of nitrogens with zero attached hydrogens (tertiary/aromatic N) is 5. The minimum Gasteiger partial charge on any atom is -0.382 e. The van der Waals surface area contributed by atoms with Crippen molar-refractivity contribution in [2.24, 2.45) is 0 Å². The molecule has 3 aliphatic heterocycles. The molecule has 36 heavy (non-hydrogen) atoms. The Kier molecular flexibility index (Phi) is 5.71. The zero-order valence-electron chi connectivity index (χ0n) is 19.9. The molecule has 2 N–H and O–H groups in total. The van der Waals surface area contributed by atoms with Gasteiger partial charge in [0.05, 0.1) is 23.6 Å². The summed E-state index contributed by atoms with van der Waals surface area (Å²) >= 11 is 1.69. The van der Waals surface area contributed by atoms with Crippen molar-refractivity contribution in [3.8, 4) is 0 Å². The number of aromatic nitrogens is 4. The Morgan fingerprint density at radius 2 is 1.78 bits per heavy atom. The SMILES string of the molecule is CC1(C)OC2C(CSCCCN3C(=O)c4ccccc4C3=O)OC(n3cnc4c(N)ncnc43)C2O1. The number of carbonyl (C=O) groups excluding carboxylic acids is 2. The van der Waals surface area contributed by atoms with Gasteiger partial charge in [-0.25, -0.2) is 15.0 Å². The molecule has 6 rings (SSSR count). The molecule has 0 spiro atoms. The molecular formula is C24H26N6O5S. The van der Waals surface area contributed by atoms with Gasteiger partial charge in [-0.2, -0.15) is 11.8 Å². The highest BCUT2D eigenvalue weighted by molar-refractivity contribution is 7.99. The van der Waals surface area contributed by atoms with E-state index in [0.29, 0.717) is 46.8 Å². The standard InChI is InChI=1S/C24H26N6O5S/c1-24(2)34-17-15(10-36-9-5-8-29-21(31)13-6-3-4-7-14(13)22(29)32)33-23(18(17)35-24)30-12-28-16-19(25)26-11-27-20(16)30/h3-4,6-7,11-12,15,17-18,23H,5,8-10H2,1-2H3,(H2,25,26,27). The Morgan fingerprint density at radius 1 is 1.06 bits per heavy atom. The molecule has 3 aromatic rings. The minimum atomic E-state index is -0.740. The van der Waals surface area contributed by atoms with E-state index >= 15 is 0 Å². The van der Waals surface area contributed by atoms with Crippen LogP contribution in [0.2, 0.25) is 0 Å². The van der Waals surface area contributed by atoms with Crippen molar-refractivity contribution in [3.05, 3.63) is 48.0 Å². The van der Waals surface area contributed by atoms with E-state index in [-0.39, 0.29) is 30.1 Å². The maximum absolute atomic E-state index is 12.6. The summed E-state index contributed by atoms with van der Waals surface area (Å²) in [5.74, 6) is 0.556. The molecule has 0 aliphatic carbocycles. The summed E-state index contributed by atoms with van der Waals surface area (Å²) in [7, 11) is 0. The number of rotatable bonds is 7.